The van der Waals surface area contributed by atoms with Crippen molar-refractivity contribution in [3.8, 4) is 0 Å². The van der Waals surface area contributed by atoms with Crippen LogP contribution in [0.15, 0.2) is 28.7 Å². The second kappa shape index (κ2) is 4.95. The highest BCUT2D eigenvalue weighted by Gasteiger charge is 2.48. The summed E-state index contributed by atoms with van der Waals surface area (Å²) in [5.74, 6) is 0.432. The third kappa shape index (κ3) is 2.24. The van der Waals surface area contributed by atoms with Crippen molar-refractivity contribution < 1.29 is 10.4 Å². The minimum absolute atomic E-state index is 0.398. The molecule has 3 N–H and O–H groups in total. The zero-order chi connectivity index (χ0) is 12.6. The molecule has 3 heteroatoms. The predicted octanol–water partition coefficient (Wildman–Crippen LogP) is 2.38. The number of benzene rings is 1. The van der Waals surface area contributed by atoms with Gasteiger partial charge in [-0.15, -0.1) is 0 Å². The second-order valence-corrected chi connectivity index (χ2v) is 6.72. The van der Waals surface area contributed by atoms with Crippen LogP contribution < -0.4 is 5.32 Å². The van der Waals surface area contributed by atoms with E-state index >= 15 is 0 Å². The fraction of sp³-hybridized carbons (Fsp3) is 0.600. The molecule has 2 fully saturated rings. The van der Waals surface area contributed by atoms with E-state index < -0.39 is 5.60 Å². The summed E-state index contributed by atoms with van der Waals surface area (Å²) in [6, 6.07) is 9.06. The molecule has 3 unspecified atom stereocenters. The number of aliphatic hydroxyl groups is 1. The molecule has 1 aromatic carbocycles. The van der Waals surface area contributed by atoms with Crippen LogP contribution in [0, 0.1) is 5.92 Å². The Morgan fingerprint density at radius 2 is 1.94 bits per heavy atom. The van der Waals surface area contributed by atoms with Gasteiger partial charge in [0.25, 0.3) is 0 Å². The van der Waals surface area contributed by atoms with E-state index in [1.165, 1.54) is 24.8 Å². The van der Waals surface area contributed by atoms with Crippen LogP contribution in [-0.4, -0.2) is 17.3 Å². The number of piperidine rings is 1. The number of hydrogen-bond donors (Lipinski definition) is 2. The highest BCUT2D eigenvalue weighted by Crippen LogP contribution is 2.43. The van der Waals surface area contributed by atoms with E-state index in [1.807, 2.05) is 0 Å². The summed E-state index contributed by atoms with van der Waals surface area (Å²) in [5.41, 5.74) is 0.966. The van der Waals surface area contributed by atoms with Gasteiger partial charge in [0.15, 0.2) is 0 Å². The summed E-state index contributed by atoms with van der Waals surface area (Å²) in [4.78, 5) is 0. The molecule has 0 aromatic heterocycles. The summed E-state index contributed by atoms with van der Waals surface area (Å²) < 4.78 is 1.13. The average Bonchev–Trinajstić information content (AvgIpc) is 2.38. The lowest BCUT2D eigenvalue weighted by Crippen LogP contribution is -2.91. The fourth-order valence-electron chi connectivity index (χ4n) is 3.80. The molecule has 0 bridgehead atoms. The van der Waals surface area contributed by atoms with Crippen molar-refractivity contribution in [2.75, 3.05) is 6.54 Å². The van der Waals surface area contributed by atoms with Gasteiger partial charge < -0.3 is 10.4 Å². The van der Waals surface area contributed by atoms with Crippen LogP contribution >= 0.6 is 15.9 Å². The quantitative estimate of drug-likeness (QED) is 0.821. The van der Waals surface area contributed by atoms with E-state index in [-0.39, 0.29) is 0 Å². The zero-order valence-electron chi connectivity index (χ0n) is 10.6. The first-order chi connectivity index (χ1) is 8.69. The minimum Gasteiger partial charge on any atom is -0.389 e. The van der Waals surface area contributed by atoms with Crippen molar-refractivity contribution in [3.05, 3.63) is 34.3 Å². The maximum Gasteiger partial charge on any atom is 0.117 e. The number of nitrogens with two attached hydrogens (primary N) is 1. The first kappa shape index (κ1) is 12.6. The molecule has 0 spiro atoms. The molecule has 2 nitrogen and oxygen atoms in total. The van der Waals surface area contributed by atoms with E-state index in [9.17, 15) is 5.11 Å². The van der Waals surface area contributed by atoms with Gasteiger partial charge in [-0.05, 0) is 25.0 Å². The van der Waals surface area contributed by atoms with Gasteiger partial charge in [0.1, 0.15) is 6.04 Å². The lowest BCUT2D eigenvalue weighted by atomic mass is 9.67. The van der Waals surface area contributed by atoms with Crippen molar-refractivity contribution in [2.45, 2.75) is 43.7 Å². The van der Waals surface area contributed by atoms with E-state index in [1.54, 1.807) is 0 Å². The molecule has 98 valence electrons. The molecule has 2 aliphatic rings. The van der Waals surface area contributed by atoms with Gasteiger partial charge in [-0.3, -0.25) is 0 Å². The predicted molar refractivity (Wildman–Crippen MR) is 75.2 cm³/mol. The minimum atomic E-state index is -0.398. The Hall–Kier alpha value is -0.380. The average molecular weight is 311 g/mol. The standard InChI is InChI=1S/C15H20BrNO/c16-12-6-4-11(5-7-12)14-13-3-1-2-8-15(13,18)9-10-17-14/h4-7,13-14,17-18H,1-3,8-10H2/p+1. The molecular formula is C15H21BrNO+. The zero-order valence-corrected chi connectivity index (χ0v) is 12.2. The van der Waals surface area contributed by atoms with Crippen LogP contribution in [0.25, 0.3) is 0 Å². The van der Waals surface area contributed by atoms with Crippen LogP contribution in [-0.2, 0) is 0 Å². The highest BCUT2D eigenvalue weighted by molar-refractivity contribution is 9.10. The molecule has 1 aliphatic carbocycles. The van der Waals surface area contributed by atoms with Gasteiger partial charge in [-0.2, -0.15) is 0 Å². The molecular weight excluding hydrogens is 290 g/mol. The number of rotatable bonds is 1. The third-order valence-electron chi connectivity index (χ3n) is 4.75. The van der Waals surface area contributed by atoms with Crippen molar-refractivity contribution in [3.63, 3.8) is 0 Å². The molecule has 0 radical (unpaired) electrons. The molecule has 1 heterocycles. The van der Waals surface area contributed by atoms with Crippen LogP contribution in [0.2, 0.25) is 0 Å². The Morgan fingerprint density at radius 1 is 1.17 bits per heavy atom. The van der Waals surface area contributed by atoms with Gasteiger partial charge in [0.05, 0.1) is 12.1 Å². The van der Waals surface area contributed by atoms with E-state index in [0.717, 1.165) is 23.9 Å². The number of fused-ring (bicyclic) bond motifs is 1. The first-order valence-corrected chi connectivity index (χ1v) is 7.79. The molecule has 1 saturated heterocycles. The molecule has 0 amide bonds. The van der Waals surface area contributed by atoms with Crippen LogP contribution in [0.4, 0.5) is 0 Å². The Kier molecular flexibility index (Phi) is 3.48. The SMILES string of the molecule is OC12CCCCC1C(c1ccc(Br)cc1)[NH2+]CC2. The summed E-state index contributed by atoms with van der Waals surface area (Å²) in [6.07, 6.45) is 5.60. The lowest BCUT2D eigenvalue weighted by Gasteiger charge is -2.46. The Bertz CT molecular complexity index is 415. The maximum absolute atomic E-state index is 10.8. The van der Waals surface area contributed by atoms with Crippen molar-refractivity contribution in [2.24, 2.45) is 5.92 Å². The molecule has 1 saturated carbocycles. The Balaban J connectivity index is 1.88. The third-order valence-corrected chi connectivity index (χ3v) is 5.28. The maximum atomic E-state index is 10.8. The van der Waals surface area contributed by atoms with E-state index in [0.29, 0.717) is 12.0 Å². The molecule has 1 aromatic rings. The van der Waals surface area contributed by atoms with Gasteiger partial charge in [-0.25, -0.2) is 0 Å². The molecule has 3 rings (SSSR count). The lowest BCUT2D eigenvalue weighted by molar-refractivity contribution is -0.719. The summed E-state index contributed by atoms with van der Waals surface area (Å²) in [7, 11) is 0. The van der Waals surface area contributed by atoms with Gasteiger partial charge >= 0.3 is 0 Å². The van der Waals surface area contributed by atoms with Crippen molar-refractivity contribution in [1.29, 1.82) is 0 Å². The second-order valence-electron chi connectivity index (χ2n) is 5.81. The Labute approximate surface area is 117 Å². The monoisotopic (exact) mass is 310 g/mol. The van der Waals surface area contributed by atoms with Crippen LogP contribution in [0.1, 0.15) is 43.7 Å². The van der Waals surface area contributed by atoms with Gasteiger partial charge in [0, 0.05) is 22.4 Å². The molecule has 3 atom stereocenters. The van der Waals surface area contributed by atoms with E-state index in [4.69, 9.17) is 0 Å². The molecule has 18 heavy (non-hydrogen) atoms. The highest BCUT2D eigenvalue weighted by atomic mass is 79.9. The number of quaternary nitrogens is 1. The van der Waals surface area contributed by atoms with Crippen LogP contribution in [0.5, 0.6) is 0 Å². The summed E-state index contributed by atoms with van der Waals surface area (Å²) in [5, 5.41) is 13.3. The normalized spacial score (nSPS) is 36.1. The van der Waals surface area contributed by atoms with Crippen molar-refractivity contribution in [1.82, 2.24) is 0 Å². The largest absolute Gasteiger partial charge is 0.389 e. The first-order valence-electron chi connectivity index (χ1n) is 7.00. The van der Waals surface area contributed by atoms with E-state index in [2.05, 4.69) is 45.5 Å². The van der Waals surface area contributed by atoms with Crippen LogP contribution in [0.3, 0.4) is 0 Å². The Morgan fingerprint density at radius 3 is 2.72 bits per heavy atom. The van der Waals surface area contributed by atoms with Crippen molar-refractivity contribution >= 4 is 15.9 Å². The topological polar surface area (TPSA) is 36.8 Å². The van der Waals surface area contributed by atoms with Gasteiger partial charge in [0.2, 0.25) is 0 Å². The number of hydrogen-bond acceptors (Lipinski definition) is 1. The summed E-state index contributed by atoms with van der Waals surface area (Å²) >= 11 is 3.49. The van der Waals surface area contributed by atoms with Gasteiger partial charge in [-0.1, -0.05) is 40.9 Å². The number of halogens is 1. The molecule has 1 aliphatic heterocycles. The summed E-state index contributed by atoms with van der Waals surface area (Å²) in [6.45, 7) is 1.05. The smallest absolute Gasteiger partial charge is 0.117 e. The fourth-order valence-corrected chi connectivity index (χ4v) is 4.07.